The SMILES string of the molecule is CC(C)(C)SCCN(Cc1ccco1)[C@H]1CS(=O)(=O)C[C@H]1O. The van der Waals surface area contributed by atoms with Crippen LogP contribution >= 0.6 is 11.8 Å². The summed E-state index contributed by atoms with van der Waals surface area (Å²) in [7, 11) is -3.15. The number of aliphatic hydroxyl groups excluding tert-OH is 1. The molecular formula is C15H25NO4S2. The molecule has 2 rings (SSSR count). The number of sulfone groups is 1. The highest BCUT2D eigenvalue weighted by molar-refractivity contribution is 8.00. The molecule has 0 aliphatic carbocycles. The van der Waals surface area contributed by atoms with E-state index in [1.807, 2.05) is 28.8 Å². The quantitative estimate of drug-likeness (QED) is 0.846. The topological polar surface area (TPSA) is 70.8 Å². The molecule has 0 spiro atoms. The number of aliphatic hydroxyl groups is 1. The zero-order valence-corrected chi connectivity index (χ0v) is 15.0. The van der Waals surface area contributed by atoms with Crippen LogP contribution in [-0.4, -0.2) is 59.1 Å². The van der Waals surface area contributed by atoms with Crippen LogP contribution in [0.5, 0.6) is 0 Å². The summed E-state index contributed by atoms with van der Waals surface area (Å²) in [5.41, 5.74) is 0. The highest BCUT2D eigenvalue weighted by Crippen LogP contribution is 2.25. The Morgan fingerprint density at radius 2 is 2.14 bits per heavy atom. The smallest absolute Gasteiger partial charge is 0.154 e. The first-order valence-electron chi connectivity index (χ1n) is 7.45. The third kappa shape index (κ3) is 5.30. The lowest BCUT2D eigenvalue weighted by Gasteiger charge is -2.30. The minimum Gasteiger partial charge on any atom is -0.468 e. The number of nitrogens with zero attached hydrogens (tertiary/aromatic N) is 1. The van der Waals surface area contributed by atoms with Crippen molar-refractivity contribution in [1.82, 2.24) is 4.90 Å². The van der Waals surface area contributed by atoms with E-state index in [2.05, 4.69) is 20.8 Å². The molecule has 0 amide bonds. The van der Waals surface area contributed by atoms with Crippen molar-refractivity contribution in [3.05, 3.63) is 24.2 Å². The van der Waals surface area contributed by atoms with Crippen molar-refractivity contribution in [3.8, 4) is 0 Å². The number of hydrogen-bond acceptors (Lipinski definition) is 6. The Bertz CT molecular complexity index is 563. The fraction of sp³-hybridized carbons (Fsp3) is 0.733. The van der Waals surface area contributed by atoms with E-state index in [0.29, 0.717) is 6.54 Å². The molecule has 0 bridgehead atoms. The fourth-order valence-electron chi connectivity index (χ4n) is 2.59. The molecule has 126 valence electrons. The third-order valence-corrected chi connectivity index (χ3v) is 6.57. The molecule has 0 unspecified atom stereocenters. The van der Waals surface area contributed by atoms with Crippen molar-refractivity contribution in [1.29, 1.82) is 0 Å². The van der Waals surface area contributed by atoms with Gasteiger partial charge in [-0.25, -0.2) is 8.42 Å². The third-order valence-electron chi connectivity index (χ3n) is 3.62. The van der Waals surface area contributed by atoms with E-state index < -0.39 is 15.9 Å². The first kappa shape index (κ1) is 17.8. The van der Waals surface area contributed by atoms with Gasteiger partial charge in [-0.1, -0.05) is 20.8 Å². The molecule has 7 heteroatoms. The van der Waals surface area contributed by atoms with Crippen LogP contribution in [0.4, 0.5) is 0 Å². The average Bonchev–Trinajstić information content (AvgIpc) is 2.94. The number of hydrogen-bond donors (Lipinski definition) is 1. The number of thioether (sulfide) groups is 1. The maximum absolute atomic E-state index is 11.8. The molecular weight excluding hydrogens is 322 g/mol. The van der Waals surface area contributed by atoms with Gasteiger partial charge in [0, 0.05) is 17.0 Å². The summed E-state index contributed by atoms with van der Waals surface area (Å²) in [6.45, 7) is 7.71. The van der Waals surface area contributed by atoms with E-state index in [1.165, 1.54) is 0 Å². The zero-order chi connectivity index (χ0) is 16.4. The minimum absolute atomic E-state index is 0.0229. The molecule has 5 nitrogen and oxygen atoms in total. The van der Waals surface area contributed by atoms with Gasteiger partial charge in [0.2, 0.25) is 0 Å². The first-order valence-corrected chi connectivity index (χ1v) is 10.3. The minimum atomic E-state index is -3.15. The predicted molar refractivity (Wildman–Crippen MR) is 89.8 cm³/mol. The summed E-state index contributed by atoms with van der Waals surface area (Å²) >= 11 is 1.83. The van der Waals surface area contributed by atoms with E-state index in [4.69, 9.17) is 4.42 Å². The number of rotatable bonds is 6. The van der Waals surface area contributed by atoms with Crippen LogP contribution in [-0.2, 0) is 16.4 Å². The fourth-order valence-corrected chi connectivity index (χ4v) is 5.36. The van der Waals surface area contributed by atoms with E-state index in [0.717, 1.165) is 18.1 Å². The molecule has 1 aromatic rings. The molecule has 1 N–H and O–H groups in total. The van der Waals surface area contributed by atoms with Gasteiger partial charge in [0.25, 0.3) is 0 Å². The van der Waals surface area contributed by atoms with Gasteiger partial charge in [-0.05, 0) is 12.1 Å². The number of furan rings is 1. The van der Waals surface area contributed by atoms with E-state index in [1.54, 1.807) is 6.26 Å². The van der Waals surface area contributed by atoms with Gasteiger partial charge in [-0.15, -0.1) is 0 Å². The van der Waals surface area contributed by atoms with Gasteiger partial charge in [0.15, 0.2) is 9.84 Å². The Morgan fingerprint density at radius 3 is 2.64 bits per heavy atom. The molecule has 0 aromatic carbocycles. The molecule has 1 saturated heterocycles. The van der Waals surface area contributed by atoms with Crippen molar-refractivity contribution in [2.24, 2.45) is 0 Å². The van der Waals surface area contributed by atoms with Crippen LogP contribution in [0, 0.1) is 0 Å². The van der Waals surface area contributed by atoms with E-state index in [-0.39, 0.29) is 22.3 Å². The Hall–Kier alpha value is -0.500. The monoisotopic (exact) mass is 347 g/mol. The van der Waals surface area contributed by atoms with Gasteiger partial charge < -0.3 is 9.52 Å². The van der Waals surface area contributed by atoms with Crippen LogP contribution in [0.15, 0.2) is 22.8 Å². The van der Waals surface area contributed by atoms with Crippen LogP contribution in [0.25, 0.3) is 0 Å². The average molecular weight is 348 g/mol. The molecule has 1 aliphatic heterocycles. The van der Waals surface area contributed by atoms with Crippen LogP contribution in [0.3, 0.4) is 0 Å². The van der Waals surface area contributed by atoms with Crippen molar-refractivity contribution in [3.63, 3.8) is 0 Å². The predicted octanol–water partition coefficient (Wildman–Crippen LogP) is 1.77. The summed E-state index contributed by atoms with van der Waals surface area (Å²) < 4.78 is 29.1. The molecule has 0 radical (unpaired) electrons. The van der Waals surface area contributed by atoms with Gasteiger partial charge in [-0.2, -0.15) is 11.8 Å². The highest BCUT2D eigenvalue weighted by Gasteiger charge is 2.40. The molecule has 22 heavy (non-hydrogen) atoms. The van der Waals surface area contributed by atoms with E-state index >= 15 is 0 Å². The summed E-state index contributed by atoms with van der Waals surface area (Å²) in [6, 6.07) is 3.34. The Morgan fingerprint density at radius 1 is 1.41 bits per heavy atom. The second-order valence-electron chi connectivity index (χ2n) is 6.72. The summed E-state index contributed by atoms with van der Waals surface area (Å²) in [4.78, 5) is 2.03. The second-order valence-corrected chi connectivity index (χ2v) is 10.8. The van der Waals surface area contributed by atoms with Crippen molar-refractivity contribution >= 4 is 21.6 Å². The van der Waals surface area contributed by atoms with Crippen molar-refractivity contribution in [2.45, 2.75) is 44.2 Å². The summed E-state index contributed by atoms with van der Waals surface area (Å²) in [6.07, 6.45) is 0.791. The lowest BCUT2D eigenvalue weighted by molar-refractivity contribution is 0.0782. The zero-order valence-electron chi connectivity index (χ0n) is 13.4. The van der Waals surface area contributed by atoms with Crippen LogP contribution in [0.2, 0.25) is 0 Å². The van der Waals surface area contributed by atoms with Crippen molar-refractivity contribution < 1.29 is 17.9 Å². The van der Waals surface area contributed by atoms with Gasteiger partial charge in [0.05, 0.1) is 36.5 Å². The molecule has 0 saturated carbocycles. The molecule has 2 heterocycles. The maximum atomic E-state index is 11.8. The second kappa shape index (κ2) is 6.95. The van der Waals surface area contributed by atoms with Gasteiger partial charge >= 0.3 is 0 Å². The molecule has 2 atom stereocenters. The van der Waals surface area contributed by atoms with Crippen LogP contribution < -0.4 is 0 Å². The molecule has 1 aliphatic rings. The summed E-state index contributed by atoms with van der Waals surface area (Å²) in [5, 5.41) is 10.1. The first-order chi connectivity index (χ1) is 10.2. The van der Waals surface area contributed by atoms with Gasteiger partial charge in [0.1, 0.15) is 5.76 Å². The Kier molecular flexibility index (Phi) is 5.63. The highest BCUT2D eigenvalue weighted by atomic mass is 32.2. The lowest BCUT2D eigenvalue weighted by Crippen LogP contribution is -2.44. The van der Waals surface area contributed by atoms with E-state index in [9.17, 15) is 13.5 Å². The van der Waals surface area contributed by atoms with Crippen molar-refractivity contribution in [2.75, 3.05) is 23.8 Å². The lowest BCUT2D eigenvalue weighted by atomic mass is 10.1. The van der Waals surface area contributed by atoms with Crippen LogP contribution in [0.1, 0.15) is 26.5 Å². The largest absolute Gasteiger partial charge is 0.468 e. The Labute approximate surface area is 137 Å². The maximum Gasteiger partial charge on any atom is 0.154 e. The van der Waals surface area contributed by atoms with Gasteiger partial charge in [-0.3, -0.25) is 4.90 Å². The Balaban J connectivity index is 2.04. The molecule has 1 aromatic heterocycles. The molecule has 1 fully saturated rings. The normalized spacial score (nSPS) is 25.0. The standard InChI is InChI=1S/C15H25NO4S2/c1-15(2,3)21-8-6-16(9-12-5-4-7-20-12)13-10-22(18,19)11-14(13)17/h4-5,7,13-14,17H,6,8-11H2,1-3H3/t13-,14+/m0/s1. The summed E-state index contributed by atoms with van der Waals surface area (Å²) in [5.74, 6) is 1.55.